The van der Waals surface area contributed by atoms with E-state index in [1.54, 1.807) is 0 Å². The Morgan fingerprint density at radius 3 is 2.05 bits per heavy atom. The van der Waals surface area contributed by atoms with E-state index in [0.29, 0.717) is 0 Å². The monoisotopic (exact) mass is 326 g/mol. The first-order valence-corrected chi connectivity index (χ1v) is 6.92. The maximum absolute atomic E-state index is 9.99. The lowest BCUT2D eigenvalue weighted by molar-refractivity contribution is -0.327. The summed E-state index contributed by atoms with van der Waals surface area (Å²) in [6.07, 6.45) is -9.39. The van der Waals surface area contributed by atoms with Gasteiger partial charge in [0.2, 0.25) is 5.79 Å². The predicted molar refractivity (Wildman–Crippen MR) is 67.5 cm³/mol. The van der Waals surface area contributed by atoms with Crippen molar-refractivity contribution in [1.82, 2.24) is 0 Å². The third-order valence-electron chi connectivity index (χ3n) is 4.02. The molecule has 10 nitrogen and oxygen atoms in total. The summed E-state index contributed by atoms with van der Waals surface area (Å²) in [6, 6.07) is 0. The van der Waals surface area contributed by atoms with E-state index in [0.717, 1.165) is 0 Å². The Morgan fingerprint density at radius 2 is 1.55 bits per heavy atom. The molecule has 0 unspecified atom stereocenters. The van der Waals surface area contributed by atoms with Gasteiger partial charge >= 0.3 is 0 Å². The molecule has 2 fully saturated rings. The molecular formula is C12H22O10. The van der Waals surface area contributed by atoms with Crippen molar-refractivity contribution in [3.63, 3.8) is 0 Å². The molecule has 22 heavy (non-hydrogen) atoms. The summed E-state index contributed by atoms with van der Waals surface area (Å²) in [4.78, 5) is 0. The van der Waals surface area contributed by atoms with Crippen LogP contribution in [-0.2, 0) is 14.2 Å². The van der Waals surface area contributed by atoms with Crippen LogP contribution in [0.25, 0.3) is 0 Å². The first-order valence-electron chi connectivity index (χ1n) is 6.92. The van der Waals surface area contributed by atoms with Crippen molar-refractivity contribution in [3.8, 4) is 0 Å². The standard InChI is InChI=1S/C12H22O10/c13-1-5-8(16)9(17)7(3-20-5)22-12(4-15)11(19)10(18)6(2-14)21-12/h5-11,13-19H,1-4H2/t5-,6-,7+,8-,9-,10-,11+,12-/m1/s1. The Kier molecular flexibility index (Phi) is 5.72. The summed E-state index contributed by atoms with van der Waals surface area (Å²) in [7, 11) is 0. The van der Waals surface area contributed by atoms with Gasteiger partial charge in [-0.2, -0.15) is 0 Å². The van der Waals surface area contributed by atoms with Crippen LogP contribution in [0, 0.1) is 0 Å². The quantitative estimate of drug-likeness (QED) is 0.260. The third-order valence-corrected chi connectivity index (χ3v) is 4.02. The zero-order valence-corrected chi connectivity index (χ0v) is 11.7. The molecular weight excluding hydrogens is 304 g/mol. The van der Waals surface area contributed by atoms with Gasteiger partial charge < -0.3 is 50.0 Å². The van der Waals surface area contributed by atoms with E-state index >= 15 is 0 Å². The van der Waals surface area contributed by atoms with Crippen LogP contribution >= 0.6 is 0 Å². The van der Waals surface area contributed by atoms with E-state index in [-0.39, 0.29) is 6.61 Å². The number of aliphatic hydroxyl groups excluding tert-OH is 7. The maximum atomic E-state index is 9.99. The van der Waals surface area contributed by atoms with E-state index in [9.17, 15) is 25.5 Å². The molecule has 0 aromatic carbocycles. The maximum Gasteiger partial charge on any atom is 0.222 e. The highest BCUT2D eigenvalue weighted by Crippen LogP contribution is 2.35. The van der Waals surface area contributed by atoms with E-state index in [4.69, 9.17) is 24.4 Å². The van der Waals surface area contributed by atoms with Gasteiger partial charge in [-0.3, -0.25) is 0 Å². The van der Waals surface area contributed by atoms with Crippen molar-refractivity contribution >= 4 is 0 Å². The zero-order chi connectivity index (χ0) is 16.5. The Labute approximate surface area is 126 Å². The highest BCUT2D eigenvalue weighted by atomic mass is 16.8. The second kappa shape index (κ2) is 7.01. The number of rotatable bonds is 5. The van der Waals surface area contributed by atoms with Gasteiger partial charge in [0.15, 0.2) is 0 Å². The predicted octanol–water partition coefficient (Wildman–Crippen LogP) is -4.71. The van der Waals surface area contributed by atoms with Crippen molar-refractivity contribution in [3.05, 3.63) is 0 Å². The van der Waals surface area contributed by atoms with Crippen molar-refractivity contribution < 1.29 is 50.0 Å². The normalized spacial score (nSPS) is 49.5. The van der Waals surface area contributed by atoms with Gasteiger partial charge in [0.25, 0.3) is 0 Å². The molecule has 0 aromatic rings. The van der Waals surface area contributed by atoms with Crippen LogP contribution in [0.4, 0.5) is 0 Å². The summed E-state index contributed by atoms with van der Waals surface area (Å²) in [6.45, 7) is -2.20. The first-order chi connectivity index (χ1) is 10.4. The Bertz CT molecular complexity index is 368. The largest absolute Gasteiger partial charge is 0.394 e. The Morgan fingerprint density at radius 1 is 0.909 bits per heavy atom. The molecule has 0 aromatic heterocycles. The Hall–Kier alpha value is -0.400. The highest BCUT2D eigenvalue weighted by Gasteiger charge is 2.57. The van der Waals surface area contributed by atoms with Crippen LogP contribution in [0.3, 0.4) is 0 Å². The molecule has 2 saturated heterocycles. The minimum absolute atomic E-state index is 0.235. The lowest BCUT2D eigenvalue weighted by Crippen LogP contribution is -2.60. The van der Waals surface area contributed by atoms with Gasteiger partial charge in [0.05, 0.1) is 19.8 Å². The average molecular weight is 326 g/mol. The van der Waals surface area contributed by atoms with Gasteiger partial charge in [0.1, 0.15) is 49.3 Å². The van der Waals surface area contributed by atoms with Gasteiger partial charge in [-0.25, -0.2) is 0 Å². The number of ether oxygens (including phenoxy) is 3. The minimum Gasteiger partial charge on any atom is -0.394 e. The highest BCUT2D eigenvalue weighted by molar-refractivity contribution is 4.98. The first kappa shape index (κ1) is 17.9. The molecule has 2 rings (SSSR count). The fourth-order valence-electron chi connectivity index (χ4n) is 2.65. The van der Waals surface area contributed by atoms with Crippen molar-refractivity contribution in [2.75, 3.05) is 26.4 Å². The van der Waals surface area contributed by atoms with E-state index in [1.165, 1.54) is 0 Å². The Balaban J connectivity index is 2.11. The molecule has 130 valence electrons. The van der Waals surface area contributed by atoms with Gasteiger partial charge in [-0.05, 0) is 0 Å². The second-order valence-electron chi connectivity index (χ2n) is 5.44. The molecule has 2 aliphatic heterocycles. The average Bonchev–Trinajstić information content (AvgIpc) is 2.77. The van der Waals surface area contributed by atoms with Crippen LogP contribution in [0.5, 0.6) is 0 Å². The lowest BCUT2D eigenvalue weighted by Gasteiger charge is -2.41. The molecule has 0 radical (unpaired) electrons. The zero-order valence-electron chi connectivity index (χ0n) is 11.7. The SMILES string of the molecule is OC[C@H]1O[C@](CO)(O[C@H]2CO[C@H](CO)[C@@H](O)[C@@H]2O)[C@@H](O)[C@@H]1O. The third kappa shape index (κ3) is 2.99. The topological polar surface area (TPSA) is 169 Å². The van der Waals surface area contributed by atoms with Crippen molar-refractivity contribution in [2.45, 2.75) is 48.5 Å². The number of hydrogen-bond acceptors (Lipinski definition) is 10. The van der Waals surface area contributed by atoms with E-state index in [2.05, 4.69) is 0 Å². The van der Waals surface area contributed by atoms with Gasteiger partial charge in [-0.15, -0.1) is 0 Å². The molecule has 2 aliphatic rings. The summed E-state index contributed by atoms with van der Waals surface area (Å²) in [5, 5.41) is 67.0. The van der Waals surface area contributed by atoms with Gasteiger partial charge in [0, 0.05) is 0 Å². The smallest absolute Gasteiger partial charge is 0.222 e. The van der Waals surface area contributed by atoms with Crippen LogP contribution in [-0.4, -0.2) is 111 Å². The van der Waals surface area contributed by atoms with Crippen LogP contribution in [0.15, 0.2) is 0 Å². The molecule has 2 heterocycles. The fraction of sp³-hybridized carbons (Fsp3) is 1.00. The van der Waals surface area contributed by atoms with Crippen molar-refractivity contribution in [2.24, 2.45) is 0 Å². The van der Waals surface area contributed by atoms with Gasteiger partial charge in [-0.1, -0.05) is 0 Å². The molecule has 7 N–H and O–H groups in total. The summed E-state index contributed by atoms with van der Waals surface area (Å²) in [5.74, 6) is -2.06. The molecule has 0 amide bonds. The number of hydrogen-bond donors (Lipinski definition) is 7. The second-order valence-corrected chi connectivity index (χ2v) is 5.44. The minimum atomic E-state index is -2.06. The molecule has 8 atom stereocenters. The lowest BCUT2D eigenvalue weighted by atomic mass is 9.99. The summed E-state index contributed by atoms with van der Waals surface area (Å²) < 4.78 is 15.7. The fourth-order valence-corrected chi connectivity index (χ4v) is 2.65. The molecule has 0 spiro atoms. The van der Waals surface area contributed by atoms with Crippen LogP contribution in [0.2, 0.25) is 0 Å². The molecule has 10 heteroatoms. The summed E-state index contributed by atoms with van der Waals surface area (Å²) in [5.41, 5.74) is 0. The van der Waals surface area contributed by atoms with E-state index in [1.807, 2.05) is 0 Å². The van der Waals surface area contributed by atoms with Crippen LogP contribution < -0.4 is 0 Å². The molecule has 0 saturated carbocycles. The van der Waals surface area contributed by atoms with Crippen LogP contribution in [0.1, 0.15) is 0 Å². The molecule has 0 bridgehead atoms. The summed E-state index contributed by atoms with van der Waals surface area (Å²) >= 11 is 0. The van der Waals surface area contributed by atoms with Crippen molar-refractivity contribution in [1.29, 1.82) is 0 Å². The number of aliphatic hydroxyl groups is 7. The van der Waals surface area contributed by atoms with E-state index < -0.39 is 68.3 Å². The molecule has 0 aliphatic carbocycles.